The first kappa shape index (κ1) is 28.1. The number of unbranched alkanes of at least 4 members (excludes halogenated alkanes) is 1. The molecular weight excluding hydrogens is 510 g/mol. The van der Waals surface area contributed by atoms with Crippen LogP contribution in [0.2, 0.25) is 0 Å². The summed E-state index contributed by atoms with van der Waals surface area (Å²) in [7, 11) is -4.25. The van der Waals surface area contributed by atoms with Crippen molar-refractivity contribution in [3.63, 3.8) is 0 Å². The summed E-state index contributed by atoms with van der Waals surface area (Å²) in [6, 6.07) is 13.8. The zero-order valence-electron chi connectivity index (χ0n) is 22.6. The zero-order valence-corrected chi connectivity index (χ0v) is 23.4. The summed E-state index contributed by atoms with van der Waals surface area (Å²) in [5.41, 5.74) is 6.49. The monoisotopic (exact) mass is 543 g/mol. The van der Waals surface area contributed by atoms with Crippen LogP contribution in [0.1, 0.15) is 62.9 Å². The van der Waals surface area contributed by atoms with E-state index >= 15 is 0 Å². The number of allylic oxidation sites excluding steroid dienone is 3. The van der Waals surface area contributed by atoms with Crippen molar-refractivity contribution in [2.75, 3.05) is 17.2 Å². The van der Waals surface area contributed by atoms with Crippen LogP contribution in [-0.4, -0.2) is 29.8 Å². The minimum absolute atomic E-state index is 0.140. The number of anilines is 1. The first-order chi connectivity index (χ1) is 18.8. The highest BCUT2D eigenvalue weighted by atomic mass is 32.2. The summed E-state index contributed by atoms with van der Waals surface area (Å²) in [6.45, 7) is 15.9. The van der Waals surface area contributed by atoms with E-state index in [4.69, 9.17) is 6.57 Å². The number of imidazole rings is 1. The van der Waals surface area contributed by atoms with E-state index in [1.165, 1.54) is 0 Å². The highest BCUT2D eigenvalue weighted by Crippen LogP contribution is 2.46. The lowest BCUT2D eigenvalue weighted by molar-refractivity contribution is -0.670. The molecule has 1 aliphatic rings. The van der Waals surface area contributed by atoms with Crippen molar-refractivity contribution in [1.82, 2.24) is 4.57 Å². The Hall–Kier alpha value is -3.92. The Labute approximate surface area is 230 Å². The molecule has 0 bridgehead atoms. The third kappa shape index (κ3) is 5.75. The highest BCUT2D eigenvalue weighted by Gasteiger charge is 2.32. The molecule has 0 radical (unpaired) electrons. The number of benzene rings is 2. The summed E-state index contributed by atoms with van der Waals surface area (Å²) in [6.07, 6.45) is 7.95. The van der Waals surface area contributed by atoms with Crippen molar-refractivity contribution < 1.29 is 17.5 Å². The van der Waals surface area contributed by atoms with Crippen LogP contribution in [-0.2, 0) is 23.2 Å². The Morgan fingerprint density at radius 1 is 1.18 bits per heavy atom. The molecule has 4 rings (SSSR count). The van der Waals surface area contributed by atoms with Gasteiger partial charge in [0, 0.05) is 41.7 Å². The van der Waals surface area contributed by atoms with Crippen LogP contribution in [0.25, 0.3) is 22.0 Å². The average Bonchev–Trinajstić information content (AvgIpc) is 3.40. The van der Waals surface area contributed by atoms with Gasteiger partial charge in [-0.15, -0.1) is 0 Å². The van der Waals surface area contributed by atoms with Crippen molar-refractivity contribution in [3.8, 4) is 6.07 Å². The maximum atomic E-state index is 11.1. The number of aromatic nitrogens is 2. The molecule has 1 aliphatic heterocycles. The normalized spacial score (nSPS) is 16.2. The fourth-order valence-corrected chi connectivity index (χ4v) is 6.12. The quantitative estimate of drug-likeness (QED) is 0.143. The second-order valence-corrected chi connectivity index (χ2v) is 11.1. The molecule has 0 aliphatic carbocycles. The maximum Gasteiger partial charge on any atom is 0.282 e. The maximum absolute atomic E-state index is 11.1. The molecule has 202 valence electrons. The molecule has 1 aromatic heterocycles. The van der Waals surface area contributed by atoms with Gasteiger partial charge in [-0.3, -0.25) is 0 Å². The molecule has 1 atom stereocenters. The Balaban J connectivity index is 1.74. The van der Waals surface area contributed by atoms with Crippen molar-refractivity contribution in [1.29, 1.82) is 5.26 Å². The molecule has 2 aromatic carbocycles. The molecule has 8 nitrogen and oxygen atoms in total. The standard InChI is InChI=1S/C30H33N5O3S/c1-5-24-25-15-14-23(32-4)20-28(25)35(17-8-9-18-39(36,37)38)26(24)11-10-12-30-33(6-2)27-16-13-22(21-31)19-29(27)34(30)7-3/h10-16,19-20,24H,5-9,17-18H2,1-3H3. The summed E-state index contributed by atoms with van der Waals surface area (Å²) in [5, 5.41) is 9.40. The second-order valence-electron chi connectivity index (χ2n) is 9.55. The Morgan fingerprint density at radius 3 is 2.62 bits per heavy atom. The number of aryl methyl sites for hydroxylation is 2. The molecule has 39 heavy (non-hydrogen) atoms. The van der Waals surface area contributed by atoms with Crippen LogP contribution in [0.4, 0.5) is 11.4 Å². The summed E-state index contributed by atoms with van der Waals surface area (Å²) >= 11 is 0. The predicted molar refractivity (Wildman–Crippen MR) is 152 cm³/mol. The van der Waals surface area contributed by atoms with Gasteiger partial charge in [0.1, 0.15) is 0 Å². The molecule has 0 N–H and O–H groups in total. The van der Waals surface area contributed by atoms with Gasteiger partial charge in [-0.05, 0) is 62.9 Å². The Kier molecular flexibility index (Phi) is 8.54. The lowest BCUT2D eigenvalue weighted by atomic mass is 9.95. The minimum atomic E-state index is -4.25. The van der Waals surface area contributed by atoms with Gasteiger partial charge in [0.05, 0.1) is 41.4 Å². The molecule has 2 heterocycles. The topological polar surface area (TPSA) is 97.4 Å². The summed E-state index contributed by atoms with van der Waals surface area (Å²) in [5.74, 6) is 0.798. The summed E-state index contributed by atoms with van der Waals surface area (Å²) < 4.78 is 37.8. The fraction of sp³-hybridized carbons (Fsp3) is 0.367. The SMILES string of the molecule is [C-]#[N+]c1ccc2c(c1)N(CCCCS(=O)(=O)[O-])/C(=C\C=C\c1n(CC)c3cc(C#N)ccc3[n+]1CC)C2CC. The van der Waals surface area contributed by atoms with Gasteiger partial charge in [-0.25, -0.2) is 22.4 Å². The molecule has 9 heteroatoms. The van der Waals surface area contributed by atoms with Crippen molar-refractivity contribution >= 4 is 38.6 Å². The second kappa shape index (κ2) is 11.9. The van der Waals surface area contributed by atoms with E-state index < -0.39 is 10.1 Å². The number of hydrogen-bond acceptors (Lipinski definition) is 5. The van der Waals surface area contributed by atoms with Gasteiger partial charge < -0.3 is 9.45 Å². The number of rotatable bonds is 10. The van der Waals surface area contributed by atoms with Crippen molar-refractivity contribution in [2.45, 2.75) is 59.0 Å². The molecule has 0 fully saturated rings. The molecule has 3 aromatic rings. The van der Waals surface area contributed by atoms with Crippen LogP contribution in [0.5, 0.6) is 0 Å². The van der Waals surface area contributed by atoms with Gasteiger partial charge in [0.2, 0.25) is 0 Å². The molecule has 0 saturated carbocycles. The molecule has 1 unspecified atom stereocenters. The van der Waals surface area contributed by atoms with Gasteiger partial charge in [0.25, 0.3) is 5.82 Å². The van der Waals surface area contributed by atoms with E-state index in [2.05, 4.69) is 57.9 Å². The van der Waals surface area contributed by atoms with Crippen molar-refractivity contribution in [3.05, 3.63) is 82.6 Å². The predicted octanol–water partition coefficient (Wildman–Crippen LogP) is 5.63. The van der Waals surface area contributed by atoms with Crippen LogP contribution in [0.3, 0.4) is 0 Å². The lowest BCUT2D eigenvalue weighted by Crippen LogP contribution is -2.35. The van der Waals surface area contributed by atoms with E-state index in [1.807, 2.05) is 42.5 Å². The Morgan fingerprint density at radius 2 is 1.97 bits per heavy atom. The Bertz CT molecular complexity index is 1640. The van der Waals surface area contributed by atoms with E-state index in [-0.39, 0.29) is 18.1 Å². The molecular formula is C30H33N5O3S. The first-order valence-corrected chi connectivity index (χ1v) is 14.9. The molecule has 0 amide bonds. The smallest absolute Gasteiger partial charge is 0.282 e. The van der Waals surface area contributed by atoms with E-state index in [9.17, 15) is 18.2 Å². The fourth-order valence-electron chi connectivity index (χ4n) is 5.56. The minimum Gasteiger partial charge on any atom is -0.748 e. The first-order valence-electron chi connectivity index (χ1n) is 13.3. The van der Waals surface area contributed by atoms with E-state index in [1.54, 1.807) is 0 Å². The third-order valence-electron chi connectivity index (χ3n) is 7.30. The number of nitrogens with zero attached hydrogens (tertiary/aromatic N) is 5. The van der Waals surface area contributed by atoms with Gasteiger partial charge in [-0.2, -0.15) is 5.26 Å². The number of hydrogen-bond donors (Lipinski definition) is 0. The van der Waals surface area contributed by atoms with Crippen LogP contribution >= 0.6 is 0 Å². The highest BCUT2D eigenvalue weighted by molar-refractivity contribution is 7.85. The third-order valence-corrected chi connectivity index (χ3v) is 8.08. The average molecular weight is 544 g/mol. The van der Waals surface area contributed by atoms with Crippen molar-refractivity contribution in [2.24, 2.45) is 0 Å². The van der Waals surface area contributed by atoms with E-state index in [0.717, 1.165) is 53.3 Å². The zero-order chi connectivity index (χ0) is 28.2. The van der Waals surface area contributed by atoms with Gasteiger partial charge in [0.15, 0.2) is 16.7 Å². The van der Waals surface area contributed by atoms with Crippen LogP contribution < -0.4 is 9.47 Å². The van der Waals surface area contributed by atoms with E-state index in [0.29, 0.717) is 24.2 Å². The van der Waals surface area contributed by atoms with Gasteiger partial charge in [-0.1, -0.05) is 25.1 Å². The largest absolute Gasteiger partial charge is 0.748 e. The van der Waals surface area contributed by atoms with Gasteiger partial charge >= 0.3 is 0 Å². The molecule has 0 saturated heterocycles. The number of nitriles is 1. The van der Waals surface area contributed by atoms with Crippen LogP contribution in [0.15, 0.2) is 54.2 Å². The van der Waals surface area contributed by atoms with Crippen LogP contribution in [0, 0.1) is 17.9 Å². The molecule has 0 spiro atoms. The number of fused-ring (bicyclic) bond motifs is 2. The lowest BCUT2D eigenvalue weighted by Gasteiger charge is -2.23. The summed E-state index contributed by atoms with van der Waals surface area (Å²) in [4.78, 5) is 5.77.